The quantitative estimate of drug-likeness (QED) is 0.543. The lowest BCUT2D eigenvalue weighted by atomic mass is 10.3. The standard InChI is InChI=1S/C8H9N5O4S/c9-4-6-3-7(13(14)15)8(12-5-6)11-1-2-18(10,16)17/h3,5H,1-2H2,(H,11,12)(H2,10,16,17). The molecule has 9 nitrogen and oxygen atoms in total. The Morgan fingerprint density at radius 2 is 2.28 bits per heavy atom. The van der Waals surface area contributed by atoms with Crippen molar-refractivity contribution in [1.82, 2.24) is 4.98 Å². The van der Waals surface area contributed by atoms with Gasteiger partial charge in [-0.15, -0.1) is 0 Å². The van der Waals surface area contributed by atoms with E-state index in [2.05, 4.69) is 10.3 Å². The van der Waals surface area contributed by atoms with Crippen LogP contribution in [0.15, 0.2) is 12.3 Å². The number of hydrogen-bond donors (Lipinski definition) is 2. The summed E-state index contributed by atoms with van der Waals surface area (Å²) < 4.78 is 21.4. The molecule has 0 aliphatic carbocycles. The Kier molecular flexibility index (Phi) is 4.13. The predicted octanol–water partition coefficient (Wildman–Crippen LogP) is -0.438. The maximum Gasteiger partial charge on any atom is 0.312 e. The van der Waals surface area contributed by atoms with Crippen molar-refractivity contribution in [3.8, 4) is 6.07 Å². The van der Waals surface area contributed by atoms with E-state index in [9.17, 15) is 18.5 Å². The molecule has 0 aliphatic rings. The largest absolute Gasteiger partial charge is 0.363 e. The second-order valence-corrected chi connectivity index (χ2v) is 4.99. The van der Waals surface area contributed by atoms with Gasteiger partial charge in [-0.2, -0.15) is 5.26 Å². The SMILES string of the molecule is N#Cc1cnc(NCCS(N)(=O)=O)c([N+](=O)[O-])c1. The summed E-state index contributed by atoms with van der Waals surface area (Å²) in [6, 6.07) is 2.77. The minimum atomic E-state index is -3.65. The maximum absolute atomic E-state index is 10.7. The van der Waals surface area contributed by atoms with Crippen molar-refractivity contribution in [1.29, 1.82) is 5.26 Å². The van der Waals surface area contributed by atoms with E-state index in [1.165, 1.54) is 0 Å². The molecular formula is C8H9N5O4S. The summed E-state index contributed by atoms with van der Waals surface area (Å²) in [7, 11) is -3.65. The smallest absolute Gasteiger partial charge is 0.312 e. The topological polar surface area (TPSA) is 152 Å². The fraction of sp³-hybridized carbons (Fsp3) is 0.250. The van der Waals surface area contributed by atoms with E-state index in [1.807, 2.05) is 0 Å². The van der Waals surface area contributed by atoms with Crippen LogP contribution in [-0.2, 0) is 10.0 Å². The number of nitrogens with two attached hydrogens (primary N) is 1. The minimum Gasteiger partial charge on any atom is -0.363 e. The van der Waals surface area contributed by atoms with Gasteiger partial charge in [0.05, 0.1) is 16.2 Å². The van der Waals surface area contributed by atoms with Crippen LogP contribution in [0.1, 0.15) is 5.56 Å². The fourth-order valence-electron chi connectivity index (χ4n) is 1.10. The fourth-order valence-corrected chi connectivity index (χ4v) is 1.49. The number of hydrogen-bond acceptors (Lipinski definition) is 7. The summed E-state index contributed by atoms with van der Waals surface area (Å²) in [5.74, 6) is -0.492. The zero-order chi connectivity index (χ0) is 13.8. The first-order chi connectivity index (χ1) is 8.33. The number of sulfonamides is 1. The normalized spacial score (nSPS) is 10.7. The molecule has 0 amide bonds. The molecule has 96 valence electrons. The number of nitro groups is 1. The summed E-state index contributed by atoms with van der Waals surface area (Å²) in [6.07, 6.45) is 1.15. The molecule has 0 radical (unpaired) electrons. The molecule has 10 heteroatoms. The first-order valence-corrected chi connectivity index (χ1v) is 6.34. The summed E-state index contributed by atoms with van der Waals surface area (Å²) in [5.41, 5.74) is -0.359. The van der Waals surface area contributed by atoms with Crippen molar-refractivity contribution in [2.24, 2.45) is 5.14 Å². The number of aromatic nitrogens is 1. The Morgan fingerprint density at radius 1 is 1.61 bits per heavy atom. The molecule has 0 atom stereocenters. The zero-order valence-corrected chi connectivity index (χ0v) is 9.85. The van der Waals surface area contributed by atoms with Gasteiger partial charge < -0.3 is 5.32 Å². The van der Waals surface area contributed by atoms with Crippen molar-refractivity contribution in [3.05, 3.63) is 27.9 Å². The highest BCUT2D eigenvalue weighted by Gasteiger charge is 2.16. The highest BCUT2D eigenvalue weighted by atomic mass is 32.2. The van der Waals surface area contributed by atoms with Crippen LogP contribution in [0.5, 0.6) is 0 Å². The molecule has 3 N–H and O–H groups in total. The molecule has 0 bridgehead atoms. The van der Waals surface area contributed by atoms with Crippen molar-refractivity contribution in [2.45, 2.75) is 0 Å². The first kappa shape index (κ1) is 13.8. The molecule has 1 rings (SSSR count). The summed E-state index contributed by atoms with van der Waals surface area (Å²) >= 11 is 0. The Morgan fingerprint density at radius 3 is 2.78 bits per heavy atom. The van der Waals surface area contributed by atoms with Gasteiger partial charge in [0, 0.05) is 18.8 Å². The Bertz CT molecular complexity index is 606. The van der Waals surface area contributed by atoms with Crippen LogP contribution in [0, 0.1) is 21.4 Å². The van der Waals surface area contributed by atoms with E-state index in [1.54, 1.807) is 6.07 Å². The minimum absolute atomic E-state index is 0.0405. The molecule has 1 aromatic heterocycles. The van der Waals surface area contributed by atoms with E-state index in [0.29, 0.717) is 0 Å². The Hall–Kier alpha value is -2.25. The molecule has 1 aromatic rings. The van der Waals surface area contributed by atoms with Gasteiger partial charge in [0.25, 0.3) is 0 Å². The van der Waals surface area contributed by atoms with Crippen LogP contribution in [0.3, 0.4) is 0 Å². The number of pyridine rings is 1. The molecule has 0 unspecified atom stereocenters. The molecule has 0 spiro atoms. The van der Waals surface area contributed by atoms with Crippen LogP contribution >= 0.6 is 0 Å². The summed E-state index contributed by atoms with van der Waals surface area (Å²) in [5, 5.41) is 26.6. The van der Waals surface area contributed by atoms with Crippen molar-refractivity contribution in [2.75, 3.05) is 17.6 Å². The molecule has 0 aliphatic heterocycles. The summed E-state index contributed by atoms with van der Waals surface area (Å²) in [4.78, 5) is 13.7. The molecular weight excluding hydrogens is 262 g/mol. The van der Waals surface area contributed by atoms with Crippen LogP contribution in [0.25, 0.3) is 0 Å². The Balaban J connectivity index is 2.89. The predicted molar refractivity (Wildman–Crippen MR) is 62.1 cm³/mol. The van der Waals surface area contributed by atoms with Crippen LogP contribution < -0.4 is 10.5 Å². The monoisotopic (exact) mass is 271 g/mol. The third kappa shape index (κ3) is 3.96. The van der Waals surface area contributed by atoms with E-state index in [-0.39, 0.29) is 23.7 Å². The Labute approximate surface area is 102 Å². The zero-order valence-electron chi connectivity index (χ0n) is 9.03. The van der Waals surface area contributed by atoms with Crippen molar-refractivity contribution >= 4 is 21.5 Å². The molecule has 1 heterocycles. The van der Waals surface area contributed by atoms with Gasteiger partial charge in [0.15, 0.2) is 0 Å². The van der Waals surface area contributed by atoms with Crippen molar-refractivity contribution < 1.29 is 13.3 Å². The first-order valence-electron chi connectivity index (χ1n) is 4.62. The number of nitrogens with zero attached hydrogens (tertiary/aromatic N) is 3. The number of primary sulfonamides is 1. The van der Waals surface area contributed by atoms with Gasteiger partial charge in [-0.3, -0.25) is 10.1 Å². The van der Waals surface area contributed by atoms with E-state index < -0.39 is 20.6 Å². The van der Waals surface area contributed by atoms with Gasteiger partial charge in [0.2, 0.25) is 15.8 Å². The molecule has 0 saturated heterocycles. The average Bonchev–Trinajstić information content (AvgIpc) is 2.27. The van der Waals surface area contributed by atoms with Gasteiger partial charge >= 0.3 is 5.69 Å². The number of rotatable bonds is 5. The lowest BCUT2D eigenvalue weighted by Crippen LogP contribution is -2.22. The number of anilines is 1. The number of nitrogens with one attached hydrogen (secondary N) is 1. The lowest BCUT2D eigenvalue weighted by molar-refractivity contribution is -0.384. The van der Waals surface area contributed by atoms with E-state index >= 15 is 0 Å². The molecule has 0 fully saturated rings. The van der Waals surface area contributed by atoms with Crippen LogP contribution in [0.2, 0.25) is 0 Å². The van der Waals surface area contributed by atoms with Gasteiger partial charge in [-0.05, 0) is 0 Å². The third-order valence-electron chi connectivity index (χ3n) is 1.87. The average molecular weight is 271 g/mol. The van der Waals surface area contributed by atoms with Gasteiger partial charge in [-0.1, -0.05) is 0 Å². The van der Waals surface area contributed by atoms with Gasteiger partial charge in [-0.25, -0.2) is 18.5 Å². The molecule has 0 aromatic carbocycles. The maximum atomic E-state index is 10.7. The second kappa shape index (κ2) is 5.39. The summed E-state index contributed by atoms with van der Waals surface area (Å²) in [6.45, 7) is -0.113. The molecule has 18 heavy (non-hydrogen) atoms. The van der Waals surface area contributed by atoms with Crippen molar-refractivity contribution in [3.63, 3.8) is 0 Å². The molecule has 0 saturated carbocycles. The third-order valence-corrected chi connectivity index (χ3v) is 2.65. The van der Waals surface area contributed by atoms with E-state index in [4.69, 9.17) is 10.4 Å². The highest BCUT2D eigenvalue weighted by molar-refractivity contribution is 7.89. The lowest BCUT2D eigenvalue weighted by Gasteiger charge is -2.05. The van der Waals surface area contributed by atoms with Crippen LogP contribution in [-0.4, -0.2) is 30.6 Å². The highest BCUT2D eigenvalue weighted by Crippen LogP contribution is 2.22. The number of nitriles is 1. The second-order valence-electron chi connectivity index (χ2n) is 3.25. The van der Waals surface area contributed by atoms with Gasteiger partial charge in [0.1, 0.15) is 6.07 Å². The van der Waals surface area contributed by atoms with Crippen LogP contribution in [0.4, 0.5) is 11.5 Å². The van der Waals surface area contributed by atoms with E-state index in [0.717, 1.165) is 12.3 Å².